The average molecular weight is 461 g/mol. The highest BCUT2D eigenvalue weighted by atomic mass is 19.1. The molecule has 1 aliphatic rings. The van der Waals surface area contributed by atoms with Crippen LogP contribution in [0.25, 0.3) is 16.7 Å². The van der Waals surface area contributed by atoms with E-state index in [-0.39, 0.29) is 35.6 Å². The fourth-order valence-corrected chi connectivity index (χ4v) is 4.03. The number of aliphatic carboxylic acids is 1. The summed E-state index contributed by atoms with van der Waals surface area (Å²) in [5.74, 6) is -1.46. The van der Waals surface area contributed by atoms with Crippen LogP contribution in [0.4, 0.5) is 4.39 Å². The number of rotatable bonds is 7. The van der Waals surface area contributed by atoms with Crippen LogP contribution in [-0.2, 0) is 17.8 Å². The number of hydrogen-bond acceptors (Lipinski definition) is 5. The predicted octanol–water partition coefficient (Wildman–Crippen LogP) is 5.04. The average Bonchev–Trinajstić information content (AvgIpc) is 3.04. The molecular weight excluding hydrogens is 435 g/mol. The highest BCUT2D eigenvalue weighted by Gasteiger charge is 2.41. The zero-order chi connectivity index (χ0) is 24.5. The summed E-state index contributed by atoms with van der Waals surface area (Å²) in [4.78, 5) is 15.4. The maximum absolute atomic E-state index is 14.9. The zero-order valence-electron chi connectivity index (χ0n) is 18.9. The van der Waals surface area contributed by atoms with Crippen molar-refractivity contribution in [1.82, 2.24) is 4.98 Å². The standard InChI is InChI=1S/C27H25FN2O4/c1-16-12-21(20-10-11-30-22(15-29)25(20)28)26(33)27(16,2)34-23-13-18(17-6-4-3-5-7-17)8-9-19(23)14-24(31)32/h3-13,33H,14-15,29H2,1-2H3,(H,31,32). The molecule has 3 aromatic rings. The third kappa shape index (κ3) is 4.18. The number of pyridine rings is 1. The van der Waals surface area contributed by atoms with Crippen molar-refractivity contribution < 1.29 is 24.1 Å². The Labute approximate surface area is 196 Å². The van der Waals surface area contributed by atoms with Gasteiger partial charge in [-0.3, -0.25) is 9.78 Å². The van der Waals surface area contributed by atoms with E-state index in [0.29, 0.717) is 16.9 Å². The lowest BCUT2D eigenvalue weighted by Gasteiger charge is -2.30. The van der Waals surface area contributed by atoms with Gasteiger partial charge in [0.2, 0.25) is 0 Å². The number of hydrogen-bond donors (Lipinski definition) is 3. The Balaban J connectivity index is 1.79. The summed E-state index contributed by atoms with van der Waals surface area (Å²) < 4.78 is 21.3. The van der Waals surface area contributed by atoms with E-state index in [1.807, 2.05) is 36.4 Å². The Morgan fingerprint density at radius 2 is 1.88 bits per heavy atom. The second-order valence-electron chi connectivity index (χ2n) is 8.31. The van der Waals surface area contributed by atoms with Crippen molar-refractivity contribution in [2.75, 3.05) is 0 Å². The molecule has 1 atom stereocenters. The van der Waals surface area contributed by atoms with Crippen molar-refractivity contribution in [3.05, 3.63) is 101 Å². The van der Waals surface area contributed by atoms with Gasteiger partial charge in [-0.2, -0.15) is 0 Å². The summed E-state index contributed by atoms with van der Waals surface area (Å²) in [6.45, 7) is 3.36. The number of aliphatic hydroxyl groups excluding tert-OH is 1. The Morgan fingerprint density at radius 3 is 2.56 bits per heavy atom. The van der Waals surface area contributed by atoms with Crippen LogP contribution in [0.2, 0.25) is 0 Å². The van der Waals surface area contributed by atoms with Crippen molar-refractivity contribution in [2.24, 2.45) is 5.73 Å². The molecule has 0 radical (unpaired) electrons. The lowest BCUT2D eigenvalue weighted by atomic mass is 9.97. The van der Waals surface area contributed by atoms with E-state index in [4.69, 9.17) is 10.5 Å². The van der Waals surface area contributed by atoms with Crippen LogP contribution in [0.1, 0.15) is 30.7 Å². The molecule has 2 aromatic carbocycles. The van der Waals surface area contributed by atoms with Crippen LogP contribution in [0.5, 0.6) is 5.75 Å². The highest BCUT2D eigenvalue weighted by Crippen LogP contribution is 2.43. The Hall–Kier alpha value is -3.97. The molecule has 1 aromatic heterocycles. The molecule has 1 aliphatic carbocycles. The fourth-order valence-electron chi connectivity index (χ4n) is 4.03. The molecular formula is C27H25FN2O4. The number of nitrogens with two attached hydrogens (primary N) is 1. The molecule has 4 N–H and O–H groups in total. The molecule has 1 unspecified atom stereocenters. The van der Waals surface area contributed by atoms with Crippen LogP contribution in [-0.4, -0.2) is 26.8 Å². The van der Waals surface area contributed by atoms with Gasteiger partial charge in [0, 0.05) is 29.4 Å². The number of carbonyl (C=O) groups is 1. The third-order valence-corrected chi connectivity index (χ3v) is 6.10. The number of benzene rings is 2. The number of nitrogens with zero attached hydrogens (tertiary/aromatic N) is 1. The second-order valence-corrected chi connectivity index (χ2v) is 8.31. The van der Waals surface area contributed by atoms with Crippen LogP contribution in [0.3, 0.4) is 0 Å². The first-order valence-corrected chi connectivity index (χ1v) is 10.8. The topological polar surface area (TPSA) is 106 Å². The van der Waals surface area contributed by atoms with Crippen molar-refractivity contribution in [3.8, 4) is 16.9 Å². The summed E-state index contributed by atoms with van der Waals surface area (Å²) in [5, 5.41) is 20.6. The second kappa shape index (κ2) is 9.11. The number of halogens is 1. The number of allylic oxidation sites excluding steroid dienone is 2. The van der Waals surface area contributed by atoms with Crippen LogP contribution < -0.4 is 10.5 Å². The van der Waals surface area contributed by atoms with E-state index in [9.17, 15) is 19.4 Å². The van der Waals surface area contributed by atoms with Gasteiger partial charge in [0.15, 0.2) is 11.4 Å². The van der Waals surface area contributed by atoms with E-state index in [0.717, 1.165) is 11.1 Å². The molecule has 34 heavy (non-hydrogen) atoms. The van der Waals surface area contributed by atoms with Gasteiger partial charge in [-0.1, -0.05) is 42.5 Å². The van der Waals surface area contributed by atoms with Gasteiger partial charge in [-0.15, -0.1) is 0 Å². The van der Waals surface area contributed by atoms with E-state index >= 15 is 0 Å². The minimum atomic E-state index is -1.32. The van der Waals surface area contributed by atoms with Gasteiger partial charge in [0.1, 0.15) is 11.5 Å². The molecule has 0 bridgehead atoms. The lowest BCUT2D eigenvalue weighted by molar-refractivity contribution is -0.136. The fraction of sp³-hybridized carbons (Fsp3) is 0.185. The SMILES string of the molecule is CC1=CC(c2ccnc(CN)c2F)=C(O)C1(C)Oc1cc(-c2ccccc2)ccc1CC(=O)O. The van der Waals surface area contributed by atoms with E-state index < -0.39 is 17.4 Å². The van der Waals surface area contributed by atoms with Gasteiger partial charge >= 0.3 is 5.97 Å². The van der Waals surface area contributed by atoms with Gasteiger partial charge in [0.25, 0.3) is 0 Å². The minimum absolute atomic E-state index is 0.0744. The van der Waals surface area contributed by atoms with Crippen molar-refractivity contribution in [1.29, 1.82) is 0 Å². The minimum Gasteiger partial charge on any atom is -0.507 e. The first-order chi connectivity index (χ1) is 16.2. The third-order valence-electron chi connectivity index (χ3n) is 6.10. The number of ether oxygens (including phenoxy) is 1. The Kier molecular flexibility index (Phi) is 6.22. The largest absolute Gasteiger partial charge is 0.507 e. The van der Waals surface area contributed by atoms with E-state index in [2.05, 4.69) is 4.98 Å². The van der Waals surface area contributed by atoms with Gasteiger partial charge < -0.3 is 20.7 Å². The number of aliphatic hydroxyl groups is 1. The van der Waals surface area contributed by atoms with E-state index in [1.54, 1.807) is 32.1 Å². The summed E-state index contributed by atoms with van der Waals surface area (Å²) in [5.41, 5.74) is 7.67. The molecule has 174 valence electrons. The van der Waals surface area contributed by atoms with Crippen molar-refractivity contribution in [2.45, 2.75) is 32.4 Å². The van der Waals surface area contributed by atoms with Crippen LogP contribution >= 0.6 is 0 Å². The summed E-state index contributed by atoms with van der Waals surface area (Å²) in [7, 11) is 0. The van der Waals surface area contributed by atoms with Crippen LogP contribution in [0.15, 0.2) is 78.2 Å². The Bertz CT molecular complexity index is 1320. The van der Waals surface area contributed by atoms with Gasteiger partial charge in [-0.05, 0) is 48.8 Å². The number of carboxylic acids is 1. The first kappa shape index (κ1) is 23.2. The normalized spacial score (nSPS) is 17.6. The van der Waals surface area contributed by atoms with Crippen molar-refractivity contribution in [3.63, 3.8) is 0 Å². The molecule has 7 heteroatoms. The predicted molar refractivity (Wildman–Crippen MR) is 128 cm³/mol. The van der Waals surface area contributed by atoms with E-state index in [1.165, 1.54) is 12.3 Å². The Morgan fingerprint density at radius 1 is 1.15 bits per heavy atom. The quantitative estimate of drug-likeness (QED) is 0.456. The molecule has 6 nitrogen and oxygen atoms in total. The molecule has 0 saturated carbocycles. The molecule has 0 saturated heterocycles. The summed E-state index contributed by atoms with van der Waals surface area (Å²) in [6, 6.07) is 16.4. The number of carboxylic acid groups (broad SMARTS) is 1. The molecule has 0 aliphatic heterocycles. The monoisotopic (exact) mass is 460 g/mol. The van der Waals surface area contributed by atoms with Gasteiger partial charge in [-0.25, -0.2) is 4.39 Å². The maximum Gasteiger partial charge on any atom is 0.307 e. The lowest BCUT2D eigenvalue weighted by Crippen LogP contribution is -2.34. The maximum atomic E-state index is 14.9. The highest BCUT2D eigenvalue weighted by molar-refractivity contribution is 5.82. The number of aromatic nitrogens is 1. The molecule has 0 spiro atoms. The summed E-state index contributed by atoms with van der Waals surface area (Å²) >= 11 is 0. The van der Waals surface area contributed by atoms with Crippen LogP contribution in [0, 0.1) is 5.82 Å². The molecule has 1 heterocycles. The van der Waals surface area contributed by atoms with Gasteiger partial charge in [0.05, 0.1) is 12.1 Å². The zero-order valence-corrected chi connectivity index (χ0v) is 18.9. The molecule has 4 rings (SSSR count). The summed E-state index contributed by atoms with van der Waals surface area (Å²) in [6.07, 6.45) is 2.85. The smallest absolute Gasteiger partial charge is 0.307 e. The first-order valence-electron chi connectivity index (χ1n) is 10.8. The molecule has 0 fully saturated rings. The van der Waals surface area contributed by atoms with Crippen molar-refractivity contribution >= 4 is 11.5 Å². The molecule has 0 amide bonds.